The molecule has 0 N–H and O–H groups in total. The summed E-state index contributed by atoms with van der Waals surface area (Å²) in [6.45, 7) is 10.8. The van der Waals surface area contributed by atoms with Gasteiger partial charge < -0.3 is 0 Å². The predicted octanol–water partition coefficient (Wildman–Crippen LogP) is 14.3. The highest BCUT2D eigenvalue weighted by molar-refractivity contribution is 6.14. The second-order valence-corrected chi connectivity index (χ2v) is 13.3. The molecule has 0 bridgehead atoms. The molecular formula is C52H43N. The number of allylic oxidation sites excluding steroid dienone is 3. The summed E-state index contributed by atoms with van der Waals surface area (Å²) >= 11 is 0. The lowest BCUT2D eigenvalue weighted by Crippen LogP contribution is -2.00. The summed E-state index contributed by atoms with van der Waals surface area (Å²) in [5.41, 5.74) is 17.8. The number of rotatable bonds is 10. The highest BCUT2D eigenvalue weighted by Gasteiger charge is 2.18. The van der Waals surface area contributed by atoms with Gasteiger partial charge in [0.05, 0.1) is 11.4 Å². The van der Waals surface area contributed by atoms with Crippen molar-refractivity contribution in [2.75, 3.05) is 0 Å². The van der Waals surface area contributed by atoms with Crippen molar-refractivity contribution in [1.82, 2.24) is 0 Å². The first kappa shape index (κ1) is 34.9. The molecule has 7 aromatic rings. The lowest BCUT2D eigenvalue weighted by molar-refractivity contribution is 1.40. The second kappa shape index (κ2) is 16.2. The number of benzene rings is 7. The van der Waals surface area contributed by atoms with Gasteiger partial charge in [0.2, 0.25) is 0 Å². The molecule has 1 nitrogen and oxygen atoms in total. The standard InChI is InChI=1S/C52H43N/c1-5-18-46-34-47(28-27-37(46)2)39(4)53-51(33-38(3)40-19-10-6-11-20-40)44-29-31-45(32-30-44)52-49(42-23-14-8-15-24-42)35-48(41-21-12-7-13-22-41)36-50(52)43-25-16-9-17-26-43/h5-36H,4H2,1-3H3/b18-5-,38-33+,53-51+. The maximum absolute atomic E-state index is 5.21. The molecule has 0 fully saturated rings. The van der Waals surface area contributed by atoms with E-state index in [4.69, 9.17) is 4.99 Å². The molecule has 0 heterocycles. The summed E-state index contributed by atoms with van der Waals surface area (Å²) in [6, 6.07) is 62.6. The van der Waals surface area contributed by atoms with Gasteiger partial charge in [0.1, 0.15) is 0 Å². The monoisotopic (exact) mass is 681 g/mol. The van der Waals surface area contributed by atoms with Gasteiger partial charge in [0.15, 0.2) is 0 Å². The molecule has 0 saturated heterocycles. The molecule has 1 heteroatoms. The minimum absolute atomic E-state index is 0.723. The highest BCUT2D eigenvalue weighted by atomic mass is 14.8. The van der Waals surface area contributed by atoms with Crippen molar-refractivity contribution >= 4 is 23.1 Å². The molecule has 7 aromatic carbocycles. The lowest BCUT2D eigenvalue weighted by atomic mass is 9.84. The third-order valence-corrected chi connectivity index (χ3v) is 9.68. The molecule has 0 radical (unpaired) electrons. The minimum atomic E-state index is 0.723. The molecule has 0 aromatic heterocycles. The third kappa shape index (κ3) is 8.01. The van der Waals surface area contributed by atoms with E-state index in [0.29, 0.717) is 0 Å². The Balaban J connectivity index is 1.39. The first-order chi connectivity index (χ1) is 26.0. The second-order valence-electron chi connectivity index (χ2n) is 13.3. The summed E-state index contributed by atoms with van der Waals surface area (Å²) < 4.78 is 0. The molecule has 0 unspecified atom stereocenters. The summed E-state index contributed by atoms with van der Waals surface area (Å²) in [7, 11) is 0. The van der Waals surface area contributed by atoms with Crippen LogP contribution < -0.4 is 0 Å². The quantitative estimate of drug-likeness (QED) is 0.127. The van der Waals surface area contributed by atoms with Crippen LogP contribution in [0.1, 0.15) is 41.7 Å². The lowest BCUT2D eigenvalue weighted by Gasteiger charge is -2.19. The normalized spacial score (nSPS) is 11.9. The fourth-order valence-electron chi connectivity index (χ4n) is 6.81. The van der Waals surface area contributed by atoms with E-state index < -0.39 is 0 Å². The average Bonchev–Trinajstić information content (AvgIpc) is 3.22. The largest absolute Gasteiger partial charge is 0.248 e. The average molecular weight is 682 g/mol. The van der Waals surface area contributed by atoms with Gasteiger partial charge in [-0.1, -0.05) is 176 Å². The number of hydrogen-bond donors (Lipinski definition) is 0. The molecular weight excluding hydrogens is 639 g/mol. The van der Waals surface area contributed by atoms with Crippen molar-refractivity contribution in [3.63, 3.8) is 0 Å². The number of nitrogens with zero attached hydrogens (tertiary/aromatic N) is 1. The Morgan fingerprint density at radius 1 is 0.509 bits per heavy atom. The zero-order chi connectivity index (χ0) is 36.6. The van der Waals surface area contributed by atoms with Crippen LogP contribution in [0.25, 0.3) is 61.9 Å². The predicted molar refractivity (Wildman–Crippen MR) is 230 cm³/mol. The molecule has 7 rings (SSSR count). The number of aliphatic imine (C=N–C) groups is 1. The van der Waals surface area contributed by atoms with Crippen molar-refractivity contribution in [1.29, 1.82) is 0 Å². The van der Waals surface area contributed by atoms with Crippen molar-refractivity contribution in [2.24, 2.45) is 4.99 Å². The number of aryl methyl sites for hydroxylation is 1. The molecule has 0 spiro atoms. The van der Waals surface area contributed by atoms with Gasteiger partial charge in [-0.3, -0.25) is 0 Å². The van der Waals surface area contributed by atoms with Crippen molar-refractivity contribution in [3.8, 4) is 44.5 Å². The summed E-state index contributed by atoms with van der Waals surface area (Å²) in [4.78, 5) is 5.21. The van der Waals surface area contributed by atoms with E-state index in [1.807, 2.05) is 13.0 Å². The van der Waals surface area contributed by atoms with Gasteiger partial charge >= 0.3 is 0 Å². The number of hydrogen-bond acceptors (Lipinski definition) is 1. The van der Waals surface area contributed by atoms with Gasteiger partial charge in [-0.15, -0.1) is 0 Å². The Morgan fingerprint density at radius 2 is 1.02 bits per heavy atom. The Hall–Kier alpha value is -6.57. The van der Waals surface area contributed by atoms with E-state index >= 15 is 0 Å². The van der Waals surface area contributed by atoms with Gasteiger partial charge in [-0.2, -0.15) is 0 Å². The van der Waals surface area contributed by atoms with Crippen LogP contribution in [0.2, 0.25) is 0 Å². The van der Waals surface area contributed by atoms with Crippen LogP contribution in [-0.4, -0.2) is 5.71 Å². The zero-order valence-corrected chi connectivity index (χ0v) is 30.6. The van der Waals surface area contributed by atoms with Gasteiger partial charge in [-0.25, -0.2) is 4.99 Å². The molecule has 0 amide bonds. The molecule has 0 atom stereocenters. The third-order valence-electron chi connectivity index (χ3n) is 9.68. The van der Waals surface area contributed by atoms with E-state index in [0.717, 1.165) is 39.2 Å². The maximum atomic E-state index is 5.21. The summed E-state index contributed by atoms with van der Waals surface area (Å²) in [5.74, 6) is 0. The fraction of sp³-hybridized carbons (Fsp3) is 0.0577. The Labute approximate surface area is 314 Å². The topological polar surface area (TPSA) is 12.4 Å². The molecule has 0 saturated carbocycles. The van der Waals surface area contributed by atoms with Gasteiger partial charge in [0.25, 0.3) is 0 Å². The smallest absolute Gasteiger partial charge is 0.0712 e. The van der Waals surface area contributed by atoms with Gasteiger partial charge in [-0.05, 0) is 112 Å². The van der Waals surface area contributed by atoms with Crippen LogP contribution in [0.3, 0.4) is 0 Å². The minimum Gasteiger partial charge on any atom is -0.248 e. The van der Waals surface area contributed by atoms with E-state index in [-0.39, 0.29) is 0 Å². The van der Waals surface area contributed by atoms with E-state index in [1.165, 1.54) is 50.1 Å². The first-order valence-corrected chi connectivity index (χ1v) is 18.2. The molecule has 0 aliphatic heterocycles. The summed E-state index contributed by atoms with van der Waals surface area (Å²) in [5, 5.41) is 0. The van der Waals surface area contributed by atoms with Crippen molar-refractivity contribution in [3.05, 3.63) is 222 Å². The Kier molecular flexibility index (Phi) is 10.6. The molecule has 0 aliphatic rings. The highest BCUT2D eigenvalue weighted by Crippen LogP contribution is 2.43. The maximum Gasteiger partial charge on any atom is 0.0712 e. The molecule has 53 heavy (non-hydrogen) atoms. The van der Waals surface area contributed by atoms with E-state index in [9.17, 15) is 0 Å². The van der Waals surface area contributed by atoms with E-state index in [1.54, 1.807) is 0 Å². The first-order valence-electron chi connectivity index (χ1n) is 18.2. The summed E-state index contributed by atoms with van der Waals surface area (Å²) in [6.07, 6.45) is 6.38. The van der Waals surface area contributed by atoms with Crippen LogP contribution in [0.15, 0.2) is 200 Å². The van der Waals surface area contributed by atoms with Crippen LogP contribution in [0.5, 0.6) is 0 Å². The van der Waals surface area contributed by atoms with Crippen LogP contribution in [0.4, 0.5) is 0 Å². The Morgan fingerprint density at radius 3 is 1.57 bits per heavy atom. The molecule has 256 valence electrons. The SMILES string of the molecule is C=C(/N=C(\C=C(/C)c1ccccc1)c1ccc(-c2c(-c3ccccc3)cc(-c3ccccc3)cc2-c2ccccc2)cc1)c1ccc(C)c(/C=C\C)c1. The zero-order valence-electron chi connectivity index (χ0n) is 30.6. The van der Waals surface area contributed by atoms with Crippen LogP contribution in [-0.2, 0) is 0 Å². The van der Waals surface area contributed by atoms with Crippen LogP contribution in [0, 0.1) is 6.92 Å². The van der Waals surface area contributed by atoms with Crippen LogP contribution >= 0.6 is 0 Å². The Bertz CT molecular complexity index is 2370. The van der Waals surface area contributed by atoms with Crippen molar-refractivity contribution < 1.29 is 0 Å². The fourth-order valence-corrected chi connectivity index (χ4v) is 6.81. The molecule has 0 aliphatic carbocycles. The van der Waals surface area contributed by atoms with E-state index in [2.05, 4.69) is 209 Å². The van der Waals surface area contributed by atoms with Gasteiger partial charge in [0, 0.05) is 11.1 Å². The van der Waals surface area contributed by atoms with Crippen molar-refractivity contribution in [2.45, 2.75) is 20.8 Å².